The summed E-state index contributed by atoms with van der Waals surface area (Å²) in [7, 11) is 1.68. The summed E-state index contributed by atoms with van der Waals surface area (Å²) in [5.41, 5.74) is 3.41. The van der Waals surface area contributed by atoms with Crippen molar-refractivity contribution in [3.05, 3.63) is 76.2 Å². The van der Waals surface area contributed by atoms with E-state index in [1.54, 1.807) is 18.4 Å². The molecular formula is C19H18N2OSSe. The van der Waals surface area contributed by atoms with Crippen molar-refractivity contribution in [3.63, 3.8) is 0 Å². The summed E-state index contributed by atoms with van der Waals surface area (Å²) in [5.74, 6) is 0.876. The minimum absolute atomic E-state index is 0.810. The average Bonchev–Trinajstić information content (AvgIpc) is 2.97. The standard InChI is InChI=1S/C19H18N2OSSe/c1-14-13-23-19(18(24)20-16-6-4-3-5-7-16)21(14)12-15-8-10-17(22-2)11-9-15/h3-11,13H,12H2,1-2H3. The number of aryl methyl sites for hydroxylation is 1. The molecule has 0 N–H and O–H groups in total. The molecule has 0 aliphatic rings. The number of hydrogen-bond donors (Lipinski definition) is 0. The van der Waals surface area contributed by atoms with E-state index in [1.807, 2.05) is 42.5 Å². The normalized spacial score (nSPS) is 11.5. The molecule has 2 aromatic carbocycles. The summed E-state index contributed by atoms with van der Waals surface area (Å²) in [6.07, 6.45) is 0. The van der Waals surface area contributed by atoms with Crippen LogP contribution in [0.5, 0.6) is 5.75 Å². The van der Waals surface area contributed by atoms with Gasteiger partial charge in [-0.2, -0.15) is 0 Å². The van der Waals surface area contributed by atoms with Gasteiger partial charge in [-0.15, -0.1) is 0 Å². The van der Waals surface area contributed by atoms with E-state index in [4.69, 9.17) is 9.73 Å². The van der Waals surface area contributed by atoms with Gasteiger partial charge < -0.3 is 0 Å². The number of ether oxygens (including phenoxy) is 1. The molecule has 0 radical (unpaired) electrons. The fourth-order valence-electron chi connectivity index (χ4n) is 2.37. The molecule has 1 heterocycles. The third-order valence-corrected chi connectivity index (χ3v) is 5.67. The first-order chi connectivity index (χ1) is 11.7. The Kier molecular flexibility index (Phi) is 5.46. The predicted molar refractivity (Wildman–Crippen MR) is 99.7 cm³/mol. The van der Waals surface area contributed by atoms with Gasteiger partial charge in [-0.25, -0.2) is 0 Å². The SMILES string of the molecule is COc1ccc(C[n+]2c(C)csc2C([Se-])=Nc2ccccc2)cc1. The first-order valence-corrected chi connectivity index (χ1v) is 9.33. The quantitative estimate of drug-likeness (QED) is 0.364. The van der Waals surface area contributed by atoms with Crippen molar-refractivity contribution in [2.45, 2.75) is 13.5 Å². The third-order valence-electron chi connectivity index (χ3n) is 3.68. The Morgan fingerprint density at radius 3 is 2.50 bits per heavy atom. The molecule has 0 spiro atoms. The fourth-order valence-corrected chi connectivity index (χ4v) is 4.02. The van der Waals surface area contributed by atoms with Crippen molar-refractivity contribution in [1.29, 1.82) is 0 Å². The Labute approximate surface area is 154 Å². The first kappa shape index (κ1) is 16.9. The van der Waals surface area contributed by atoms with E-state index in [0.29, 0.717) is 0 Å². The average molecular weight is 401 g/mol. The minimum atomic E-state index is 0.810. The molecule has 0 aliphatic heterocycles. The van der Waals surface area contributed by atoms with Crippen molar-refractivity contribution in [1.82, 2.24) is 0 Å². The summed E-state index contributed by atoms with van der Waals surface area (Å²) < 4.78 is 8.42. The van der Waals surface area contributed by atoms with E-state index in [9.17, 15) is 0 Å². The molecule has 3 aromatic rings. The van der Waals surface area contributed by atoms with Gasteiger partial charge in [0.15, 0.2) is 0 Å². The van der Waals surface area contributed by atoms with E-state index < -0.39 is 0 Å². The van der Waals surface area contributed by atoms with Crippen LogP contribution in [-0.2, 0) is 6.54 Å². The first-order valence-electron chi connectivity index (χ1n) is 7.59. The zero-order valence-electron chi connectivity index (χ0n) is 13.6. The van der Waals surface area contributed by atoms with E-state index in [1.165, 1.54) is 11.3 Å². The second-order valence-electron chi connectivity index (χ2n) is 5.37. The number of para-hydroxylation sites is 1. The van der Waals surface area contributed by atoms with Crippen molar-refractivity contribution in [2.75, 3.05) is 7.11 Å². The monoisotopic (exact) mass is 402 g/mol. The van der Waals surface area contributed by atoms with Crippen LogP contribution in [0.1, 0.15) is 16.3 Å². The van der Waals surface area contributed by atoms with Gasteiger partial charge in [0.1, 0.15) is 0 Å². The molecule has 0 aliphatic carbocycles. The van der Waals surface area contributed by atoms with Gasteiger partial charge in [0, 0.05) is 0 Å². The van der Waals surface area contributed by atoms with E-state index in [-0.39, 0.29) is 0 Å². The number of benzene rings is 2. The Hall–Kier alpha value is -1.94. The molecule has 24 heavy (non-hydrogen) atoms. The molecule has 0 atom stereocenters. The molecule has 0 saturated carbocycles. The number of aliphatic imine (C=N–C) groups is 1. The zero-order chi connectivity index (χ0) is 16.9. The van der Waals surface area contributed by atoms with Crippen molar-refractivity contribution < 1.29 is 9.30 Å². The molecule has 0 unspecified atom stereocenters. The molecule has 0 bridgehead atoms. The maximum absolute atomic E-state index is 5.23. The zero-order valence-corrected chi connectivity index (χ0v) is 16.1. The van der Waals surface area contributed by atoms with Crippen LogP contribution in [-0.4, -0.2) is 27.7 Å². The van der Waals surface area contributed by atoms with Gasteiger partial charge in [-0.3, -0.25) is 0 Å². The number of rotatable bonds is 5. The summed E-state index contributed by atoms with van der Waals surface area (Å²) in [6.45, 7) is 2.93. The van der Waals surface area contributed by atoms with Crippen LogP contribution >= 0.6 is 11.3 Å². The van der Waals surface area contributed by atoms with E-state index in [0.717, 1.165) is 27.6 Å². The molecule has 3 nitrogen and oxygen atoms in total. The molecule has 122 valence electrons. The Morgan fingerprint density at radius 1 is 1.12 bits per heavy atom. The van der Waals surface area contributed by atoms with Crippen LogP contribution in [0.25, 0.3) is 0 Å². The fraction of sp³-hybridized carbons (Fsp3) is 0.158. The molecule has 0 amide bonds. The van der Waals surface area contributed by atoms with Crippen LogP contribution in [0.15, 0.2) is 65.0 Å². The molecule has 5 heteroatoms. The van der Waals surface area contributed by atoms with Crippen LogP contribution in [0.3, 0.4) is 0 Å². The summed E-state index contributed by atoms with van der Waals surface area (Å²) in [6, 6.07) is 18.2. The Balaban J connectivity index is 1.89. The van der Waals surface area contributed by atoms with E-state index in [2.05, 4.69) is 45.0 Å². The second kappa shape index (κ2) is 7.75. The molecule has 3 rings (SSSR count). The third kappa shape index (κ3) is 3.93. The predicted octanol–water partition coefficient (Wildman–Crippen LogP) is 3.65. The van der Waals surface area contributed by atoms with Gasteiger partial charge in [0.25, 0.3) is 0 Å². The van der Waals surface area contributed by atoms with Gasteiger partial charge in [0.2, 0.25) is 0 Å². The van der Waals surface area contributed by atoms with Gasteiger partial charge >= 0.3 is 155 Å². The van der Waals surface area contributed by atoms with Crippen LogP contribution in [0, 0.1) is 6.92 Å². The number of thiazole rings is 1. The maximum atomic E-state index is 5.23. The topological polar surface area (TPSA) is 25.5 Å². The van der Waals surface area contributed by atoms with Gasteiger partial charge in [-0.1, -0.05) is 0 Å². The molecular weight excluding hydrogens is 383 g/mol. The Bertz CT molecular complexity index is 842. The number of nitrogens with zero attached hydrogens (tertiary/aromatic N) is 2. The van der Waals surface area contributed by atoms with Crippen LogP contribution in [0.4, 0.5) is 5.69 Å². The van der Waals surface area contributed by atoms with Crippen molar-refractivity contribution in [3.8, 4) is 5.75 Å². The number of aromatic nitrogens is 1. The van der Waals surface area contributed by atoms with E-state index >= 15 is 0 Å². The van der Waals surface area contributed by atoms with Crippen LogP contribution in [0.2, 0.25) is 0 Å². The Morgan fingerprint density at radius 2 is 1.83 bits per heavy atom. The second-order valence-corrected chi connectivity index (χ2v) is 7.04. The van der Waals surface area contributed by atoms with Crippen LogP contribution < -0.4 is 9.30 Å². The summed E-state index contributed by atoms with van der Waals surface area (Å²) in [5, 5.41) is 3.30. The van der Waals surface area contributed by atoms with Gasteiger partial charge in [-0.05, 0) is 0 Å². The number of hydrogen-bond acceptors (Lipinski definition) is 3. The van der Waals surface area contributed by atoms with Crippen molar-refractivity contribution >= 4 is 37.6 Å². The number of methoxy groups -OCH3 is 1. The summed E-state index contributed by atoms with van der Waals surface area (Å²) in [4.78, 5) is 4.70. The van der Waals surface area contributed by atoms with Gasteiger partial charge in [0.05, 0.1) is 0 Å². The molecule has 0 fully saturated rings. The summed E-state index contributed by atoms with van der Waals surface area (Å²) >= 11 is 4.83. The molecule has 1 aromatic heterocycles. The van der Waals surface area contributed by atoms with Crippen molar-refractivity contribution in [2.24, 2.45) is 4.99 Å². The molecule has 0 saturated heterocycles.